The van der Waals surface area contributed by atoms with Crippen LogP contribution in [0.2, 0.25) is 0 Å². The maximum Gasteiger partial charge on any atom is 0.247 e. The first kappa shape index (κ1) is 15.1. The van der Waals surface area contributed by atoms with Crippen molar-refractivity contribution in [2.24, 2.45) is 5.14 Å². The van der Waals surface area contributed by atoms with Crippen LogP contribution in [-0.2, 0) is 21.2 Å². The van der Waals surface area contributed by atoms with Gasteiger partial charge >= 0.3 is 0 Å². The number of hydrogen-bond acceptors (Lipinski definition) is 4. The van der Waals surface area contributed by atoms with E-state index < -0.39 is 10.0 Å². The van der Waals surface area contributed by atoms with Gasteiger partial charge in [-0.05, 0) is 25.5 Å². The van der Waals surface area contributed by atoms with E-state index in [4.69, 9.17) is 5.14 Å². The molecule has 0 saturated carbocycles. The van der Waals surface area contributed by atoms with Crippen LogP contribution in [0.3, 0.4) is 0 Å². The highest BCUT2D eigenvalue weighted by molar-refractivity contribution is 7.91. The highest BCUT2D eigenvalue weighted by Crippen LogP contribution is 2.21. The molecule has 2 N–H and O–H groups in total. The maximum absolute atomic E-state index is 11.9. The minimum absolute atomic E-state index is 0.0159. The van der Waals surface area contributed by atoms with E-state index in [-0.39, 0.29) is 16.5 Å². The number of nitrogens with two attached hydrogens (primary N) is 1. The molecule has 0 spiro atoms. The second-order valence-corrected chi connectivity index (χ2v) is 6.87. The Bertz CT molecular complexity index is 508. The molecular weight excluding hydrogens is 272 g/mol. The number of rotatable bonds is 6. The molecular formula is C11H18N2O3S2. The standard InChI is InChI=1S/C11H18N2O3S2/c1-3-7-13(4-2)10(14)8-9-5-6-11(17-9)18(12,15)16/h5-6H,3-4,7-8H2,1-2H3,(H2,12,15,16). The Balaban J connectivity index is 2.73. The lowest BCUT2D eigenvalue weighted by molar-refractivity contribution is -0.130. The fraction of sp³-hybridized carbons (Fsp3) is 0.545. The molecule has 102 valence electrons. The summed E-state index contributed by atoms with van der Waals surface area (Å²) in [5.41, 5.74) is 0. The molecule has 5 nitrogen and oxygen atoms in total. The number of nitrogens with zero attached hydrogens (tertiary/aromatic N) is 1. The second kappa shape index (κ2) is 6.31. The van der Waals surface area contributed by atoms with E-state index in [1.165, 1.54) is 6.07 Å². The zero-order valence-corrected chi connectivity index (χ0v) is 12.2. The van der Waals surface area contributed by atoms with E-state index in [1.807, 2.05) is 13.8 Å². The highest BCUT2D eigenvalue weighted by Gasteiger charge is 2.15. The first-order valence-corrected chi connectivity index (χ1v) is 8.14. The van der Waals surface area contributed by atoms with Crippen molar-refractivity contribution in [3.05, 3.63) is 17.0 Å². The summed E-state index contributed by atoms with van der Waals surface area (Å²) in [6.45, 7) is 5.33. The summed E-state index contributed by atoms with van der Waals surface area (Å²) in [6.07, 6.45) is 1.14. The topological polar surface area (TPSA) is 80.5 Å². The van der Waals surface area contributed by atoms with Crippen LogP contribution in [-0.4, -0.2) is 32.3 Å². The van der Waals surface area contributed by atoms with E-state index in [2.05, 4.69) is 0 Å². The van der Waals surface area contributed by atoms with Crippen molar-refractivity contribution in [3.8, 4) is 0 Å². The average molecular weight is 290 g/mol. The fourth-order valence-electron chi connectivity index (χ4n) is 1.60. The Labute approximate surface area is 112 Å². The lowest BCUT2D eigenvalue weighted by atomic mass is 10.3. The van der Waals surface area contributed by atoms with Gasteiger partial charge in [-0.25, -0.2) is 13.6 Å². The molecule has 1 amide bonds. The van der Waals surface area contributed by atoms with Gasteiger partial charge in [-0.2, -0.15) is 0 Å². The lowest BCUT2D eigenvalue weighted by Crippen LogP contribution is -2.32. The summed E-state index contributed by atoms with van der Waals surface area (Å²) in [5.74, 6) is 0.0159. The first-order chi connectivity index (χ1) is 8.38. The second-order valence-electron chi connectivity index (χ2n) is 3.92. The van der Waals surface area contributed by atoms with E-state index in [9.17, 15) is 13.2 Å². The maximum atomic E-state index is 11.9. The molecule has 1 rings (SSSR count). The SMILES string of the molecule is CCCN(CC)C(=O)Cc1ccc(S(N)(=O)=O)s1. The molecule has 7 heteroatoms. The van der Waals surface area contributed by atoms with Crippen molar-refractivity contribution in [2.75, 3.05) is 13.1 Å². The molecule has 0 bridgehead atoms. The Kier molecular flexibility index (Phi) is 5.30. The molecule has 1 aromatic heterocycles. The van der Waals surface area contributed by atoms with Crippen LogP contribution in [0.1, 0.15) is 25.1 Å². The number of amides is 1. The van der Waals surface area contributed by atoms with Crippen LogP contribution in [0, 0.1) is 0 Å². The minimum atomic E-state index is -3.66. The van der Waals surface area contributed by atoms with Crippen molar-refractivity contribution in [1.82, 2.24) is 4.90 Å². The van der Waals surface area contributed by atoms with Gasteiger partial charge in [0.05, 0.1) is 6.42 Å². The van der Waals surface area contributed by atoms with Gasteiger partial charge < -0.3 is 4.90 Å². The monoisotopic (exact) mass is 290 g/mol. The smallest absolute Gasteiger partial charge is 0.247 e. The minimum Gasteiger partial charge on any atom is -0.343 e. The van der Waals surface area contributed by atoms with Crippen LogP contribution >= 0.6 is 11.3 Å². The first-order valence-electron chi connectivity index (χ1n) is 5.77. The summed E-state index contributed by atoms with van der Waals surface area (Å²) >= 11 is 1.05. The molecule has 0 aliphatic heterocycles. The lowest BCUT2D eigenvalue weighted by Gasteiger charge is -2.19. The van der Waals surface area contributed by atoms with Gasteiger partial charge in [-0.15, -0.1) is 11.3 Å². The van der Waals surface area contributed by atoms with Crippen LogP contribution in [0.15, 0.2) is 16.3 Å². The molecule has 0 fully saturated rings. The van der Waals surface area contributed by atoms with Gasteiger partial charge in [0.25, 0.3) is 0 Å². The molecule has 1 heterocycles. The third-order valence-electron chi connectivity index (χ3n) is 2.47. The predicted octanol–water partition coefficient (Wildman–Crippen LogP) is 1.20. The molecule has 0 radical (unpaired) electrons. The summed E-state index contributed by atoms with van der Waals surface area (Å²) in [6, 6.07) is 3.08. The Hall–Kier alpha value is -0.920. The predicted molar refractivity (Wildman–Crippen MR) is 71.9 cm³/mol. The quantitative estimate of drug-likeness (QED) is 0.854. The van der Waals surface area contributed by atoms with Crippen molar-refractivity contribution in [2.45, 2.75) is 30.9 Å². The van der Waals surface area contributed by atoms with Crippen molar-refractivity contribution >= 4 is 27.3 Å². The Morgan fingerprint density at radius 2 is 2.06 bits per heavy atom. The molecule has 18 heavy (non-hydrogen) atoms. The van der Waals surface area contributed by atoms with Gasteiger partial charge in [-0.3, -0.25) is 4.79 Å². The largest absolute Gasteiger partial charge is 0.343 e. The molecule has 0 aliphatic rings. The summed E-state index contributed by atoms with van der Waals surface area (Å²) in [7, 11) is -3.66. The molecule has 1 aromatic rings. The van der Waals surface area contributed by atoms with Gasteiger partial charge in [0, 0.05) is 18.0 Å². The van der Waals surface area contributed by atoms with Gasteiger partial charge in [0.2, 0.25) is 15.9 Å². The molecule has 0 atom stereocenters. The van der Waals surface area contributed by atoms with E-state index in [0.29, 0.717) is 6.54 Å². The van der Waals surface area contributed by atoms with E-state index >= 15 is 0 Å². The molecule has 0 saturated heterocycles. The highest BCUT2D eigenvalue weighted by atomic mass is 32.2. The third kappa shape index (κ3) is 4.08. The summed E-state index contributed by atoms with van der Waals surface area (Å²) in [5, 5.41) is 5.02. The van der Waals surface area contributed by atoms with Crippen LogP contribution in [0.4, 0.5) is 0 Å². The van der Waals surface area contributed by atoms with E-state index in [1.54, 1.807) is 11.0 Å². The molecule has 0 aromatic carbocycles. The van der Waals surface area contributed by atoms with Crippen molar-refractivity contribution < 1.29 is 13.2 Å². The van der Waals surface area contributed by atoms with Gasteiger partial charge in [-0.1, -0.05) is 6.92 Å². The number of thiophene rings is 1. The number of primary sulfonamides is 1. The molecule has 0 aliphatic carbocycles. The van der Waals surface area contributed by atoms with Crippen molar-refractivity contribution in [1.29, 1.82) is 0 Å². The van der Waals surface area contributed by atoms with Crippen LogP contribution in [0.5, 0.6) is 0 Å². The number of carbonyl (C=O) groups is 1. The van der Waals surface area contributed by atoms with E-state index in [0.717, 1.165) is 29.2 Å². The number of sulfonamides is 1. The Morgan fingerprint density at radius 3 is 2.50 bits per heavy atom. The number of carbonyl (C=O) groups excluding carboxylic acids is 1. The fourth-order valence-corrected chi connectivity index (χ4v) is 3.37. The van der Waals surface area contributed by atoms with Crippen LogP contribution in [0.25, 0.3) is 0 Å². The number of hydrogen-bond donors (Lipinski definition) is 1. The number of likely N-dealkylation sites (N-methyl/N-ethyl adjacent to an activating group) is 1. The summed E-state index contributed by atoms with van der Waals surface area (Å²) in [4.78, 5) is 14.4. The normalized spacial score (nSPS) is 11.5. The molecule has 0 unspecified atom stereocenters. The third-order valence-corrected chi connectivity index (χ3v) is 4.99. The van der Waals surface area contributed by atoms with Gasteiger partial charge in [0.1, 0.15) is 4.21 Å². The zero-order chi connectivity index (χ0) is 13.8. The average Bonchev–Trinajstić information content (AvgIpc) is 2.73. The van der Waals surface area contributed by atoms with Crippen molar-refractivity contribution in [3.63, 3.8) is 0 Å². The zero-order valence-electron chi connectivity index (χ0n) is 10.5. The van der Waals surface area contributed by atoms with Gasteiger partial charge in [0.15, 0.2) is 0 Å². The Morgan fingerprint density at radius 1 is 1.39 bits per heavy atom. The summed E-state index contributed by atoms with van der Waals surface area (Å²) < 4.78 is 22.3. The van der Waals surface area contributed by atoms with Crippen LogP contribution < -0.4 is 5.14 Å².